The number of nitrogens with one attached hydrogen (secondary N) is 1. The highest BCUT2D eigenvalue weighted by Crippen LogP contribution is 2.37. The first-order valence-electron chi connectivity index (χ1n) is 10.7. The van der Waals surface area contributed by atoms with Gasteiger partial charge in [0.25, 0.3) is 0 Å². The maximum atomic E-state index is 13.2. The first-order valence-corrected chi connectivity index (χ1v) is 10.7. The lowest BCUT2D eigenvalue weighted by atomic mass is 9.98. The highest BCUT2D eigenvalue weighted by molar-refractivity contribution is 6.00. The molecule has 0 bridgehead atoms. The van der Waals surface area contributed by atoms with Crippen LogP contribution in [0.25, 0.3) is 0 Å². The van der Waals surface area contributed by atoms with Crippen LogP contribution in [0.4, 0.5) is 37.7 Å². The van der Waals surface area contributed by atoms with E-state index in [0.29, 0.717) is 24.4 Å². The van der Waals surface area contributed by atoms with Crippen molar-refractivity contribution in [1.29, 1.82) is 0 Å². The Hall–Kier alpha value is -3.04. The van der Waals surface area contributed by atoms with Gasteiger partial charge in [-0.3, -0.25) is 9.59 Å². The SMILES string of the molecule is CCC(CC(=O)Nc1cc(C(F)(F)F)cc(C(F)(F)F)c1)C(=O)N(CC)c1c(C)cccc1C. The summed E-state index contributed by atoms with van der Waals surface area (Å²) in [6.07, 6.45) is -10.2. The van der Waals surface area contributed by atoms with E-state index < -0.39 is 47.4 Å². The van der Waals surface area contributed by atoms with E-state index in [1.54, 1.807) is 13.8 Å². The van der Waals surface area contributed by atoms with E-state index in [-0.39, 0.29) is 18.4 Å². The molecule has 0 saturated heterocycles. The number of alkyl halides is 6. The molecule has 4 nitrogen and oxygen atoms in total. The van der Waals surface area contributed by atoms with Crippen LogP contribution in [0.1, 0.15) is 48.9 Å². The van der Waals surface area contributed by atoms with Crippen LogP contribution in [-0.2, 0) is 21.9 Å². The lowest BCUT2D eigenvalue weighted by molar-refractivity contribution is -0.143. The fourth-order valence-electron chi connectivity index (χ4n) is 3.75. The van der Waals surface area contributed by atoms with E-state index in [0.717, 1.165) is 11.1 Å². The van der Waals surface area contributed by atoms with E-state index in [9.17, 15) is 35.9 Å². The fourth-order valence-corrected chi connectivity index (χ4v) is 3.75. The molecule has 186 valence electrons. The van der Waals surface area contributed by atoms with Gasteiger partial charge < -0.3 is 10.2 Å². The van der Waals surface area contributed by atoms with Crippen LogP contribution in [0.15, 0.2) is 36.4 Å². The van der Waals surface area contributed by atoms with Crippen LogP contribution < -0.4 is 10.2 Å². The van der Waals surface area contributed by atoms with E-state index in [2.05, 4.69) is 5.32 Å². The van der Waals surface area contributed by atoms with Gasteiger partial charge in [0, 0.05) is 30.3 Å². The van der Waals surface area contributed by atoms with Gasteiger partial charge in [0.1, 0.15) is 0 Å². The molecule has 0 radical (unpaired) electrons. The second-order valence-corrected chi connectivity index (χ2v) is 7.97. The zero-order valence-electron chi connectivity index (χ0n) is 19.2. The van der Waals surface area contributed by atoms with Crippen molar-refractivity contribution in [3.05, 3.63) is 58.7 Å². The van der Waals surface area contributed by atoms with Crippen LogP contribution in [0.5, 0.6) is 0 Å². The summed E-state index contributed by atoms with van der Waals surface area (Å²) in [5, 5.41) is 2.10. The minimum atomic E-state index is -5.03. The molecule has 1 atom stereocenters. The lowest BCUT2D eigenvalue weighted by Gasteiger charge is -2.28. The van der Waals surface area contributed by atoms with Crippen molar-refractivity contribution in [1.82, 2.24) is 0 Å². The summed E-state index contributed by atoms with van der Waals surface area (Å²) in [5.41, 5.74) is -1.28. The van der Waals surface area contributed by atoms with Crippen molar-refractivity contribution in [2.45, 2.75) is 52.9 Å². The van der Waals surface area contributed by atoms with Crippen LogP contribution in [0.2, 0.25) is 0 Å². The molecule has 10 heteroatoms. The first-order chi connectivity index (χ1) is 15.7. The van der Waals surface area contributed by atoms with Gasteiger partial charge in [-0.2, -0.15) is 26.3 Å². The van der Waals surface area contributed by atoms with E-state index in [4.69, 9.17) is 0 Å². The number of rotatable bonds is 7. The molecule has 0 heterocycles. The molecular formula is C24H26F6N2O2. The van der Waals surface area contributed by atoms with E-state index >= 15 is 0 Å². The molecule has 2 aromatic carbocycles. The van der Waals surface area contributed by atoms with Gasteiger partial charge in [-0.25, -0.2) is 0 Å². The van der Waals surface area contributed by atoms with Crippen molar-refractivity contribution in [3.63, 3.8) is 0 Å². The molecule has 0 aliphatic carbocycles. The summed E-state index contributed by atoms with van der Waals surface area (Å²) in [4.78, 5) is 27.3. The third-order valence-corrected chi connectivity index (χ3v) is 5.44. The molecule has 0 aromatic heterocycles. The Bertz CT molecular complexity index is 994. The minimum Gasteiger partial charge on any atom is -0.326 e. The molecule has 1 unspecified atom stereocenters. The molecule has 0 fully saturated rings. The Labute approximate surface area is 193 Å². The molecule has 0 aliphatic heterocycles. The Kier molecular flexibility index (Phi) is 8.39. The average molecular weight is 488 g/mol. The maximum Gasteiger partial charge on any atom is 0.416 e. The molecule has 0 spiro atoms. The monoisotopic (exact) mass is 488 g/mol. The number of hydrogen-bond donors (Lipinski definition) is 1. The Balaban J connectivity index is 2.28. The lowest BCUT2D eigenvalue weighted by Crippen LogP contribution is -2.38. The normalized spacial score (nSPS) is 12.9. The molecule has 0 aliphatic rings. The Morgan fingerprint density at radius 2 is 1.41 bits per heavy atom. The van der Waals surface area contributed by atoms with Gasteiger partial charge in [0.15, 0.2) is 0 Å². The second kappa shape index (κ2) is 10.5. The number of aryl methyl sites for hydroxylation is 2. The predicted octanol–water partition coefficient (Wildman–Crippen LogP) is 6.75. The zero-order chi connectivity index (χ0) is 25.8. The minimum absolute atomic E-state index is 0.0162. The molecule has 34 heavy (non-hydrogen) atoms. The van der Waals surface area contributed by atoms with Gasteiger partial charge >= 0.3 is 12.4 Å². The van der Waals surface area contributed by atoms with Gasteiger partial charge in [-0.15, -0.1) is 0 Å². The fraction of sp³-hybridized carbons (Fsp3) is 0.417. The summed E-state index contributed by atoms with van der Waals surface area (Å²) in [6, 6.07) is 6.39. The largest absolute Gasteiger partial charge is 0.416 e. The summed E-state index contributed by atoms with van der Waals surface area (Å²) in [5.74, 6) is -2.02. The third-order valence-electron chi connectivity index (χ3n) is 5.44. The molecule has 2 aromatic rings. The summed E-state index contributed by atoms with van der Waals surface area (Å²) in [7, 11) is 0. The number of para-hydroxylation sites is 1. The van der Waals surface area contributed by atoms with Crippen LogP contribution >= 0.6 is 0 Å². The number of benzene rings is 2. The number of carbonyl (C=O) groups excluding carboxylic acids is 2. The van der Waals surface area contributed by atoms with Gasteiger partial charge in [-0.1, -0.05) is 25.1 Å². The number of amides is 2. The van der Waals surface area contributed by atoms with Gasteiger partial charge in [0.2, 0.25) is 11.8 Å². The van der Waals surface area contributed by atoms with Crippen LogP contribution in [-0.4, -0.2) is 18.4 Å². The Morgan fingerprint density at radius 1 is 0.912 bits per heavy atom. The Morgan fingerprint density at radius 3 is 1.82 bits per heavy atom. The maximum absolute atomic E-state index is 13.2. The molecule has 2 rings (SSSR count). The molecule has 1 N–H and O–H groups in total. The molecule has 2 amide bonds. The molecule has 0 saturated carbocycles. The third kappa shape index (κ3) is 6.51. The number of halogens is 6. The number of carbonyl (C=O) groups is 2. The standard InChI is InChI=1S/C24H26F6N2O2/c1-5-16(22(34)32(6-2)21-14(3)8-7-9-15(21)4)10-20(33)31-19-12-17(23(25,26)27)11-18(13-19)24(28,29)30/h7-9,11-13,16H,5-6,10H2,1-4H3,(H,31,33). The van der Waals surface area contributed by atoms with Gasteiger partial charge in [-0.05, 0) is 56.5 Å². The van der Waals surface area contributed by atoms with Crippen molar-refractivity contribution >= 4 is 23.2 Å². The highest BCUT2D eigenvalue weighted by Gasteiger charge is 2.37. The molecular weight excluding hydrogens is 462 g/mol. The highest BCUT2D eigenvalue weighted by atomic mass is 19.4. The van der Waals surface area contributed by atoms with Gasteiger partial charge in [0.05, 0.1) is 11.1 Å². The van der Waals surface area contributed by atoms with E-state index in [1.807, 2.05) is 32.0 Å². The topological polar surface area (TPSA) is 49.4 Å². The smallest absolute Gasteiger partial charge is 0.326 e. The van der Waals surface area contributed by atoms with E-state index in [1.165, 1.54) is 4.90 Å². The average Bonchev–Trinajstić information content (AvgIpc) is 2.72. The van der Waals surface area contributed by atoms with Crippen LogP contribution in [0, 0.1) is 19.8 Å². The first kappa shape index (κ1) is 27.2. The summed E-state index contributed by atoms with van der Waals surface area (Å²) < 4.78 is 78.4. The zero-order valence-corrected chi connectivity index (χ0v) is 19.2. The summed E-state index contributed by atoms with van der Waals surface area (Å²) in [6.45, 7) is 7.47. The van der Waals surface area contributed by atoms with Crippen LogP contribution in [0.3, 0.4) is 0 Å². The van der Waals surface area contributed by atoms with Crippen molar-refractivity contribution < 1.29 is 35.9 Å². The second-order valence-electron chi connectivity index (χ2n) is 7.97. The van der Waals surface area contributed by atoms with Crippen molar-refractivity contribution in [2.24, 2.45) is 5.92 Å². The van der Waals surface area contributed by atoms with Crippen molar-refractivity contribution in [3.8, 4) is 0 Å². The number of anilines is 2. The summed E-state index contributed by atoms with van der Waals surface area (Å²) >= 11 is 0. The predicted molar refractivity (Wildman–Crippen MR) is 117 cm³/mol. The van der Waals surface area contributed by atoms with Crippen molar-refractivity contribution in [2.75, 3.05) is 16.8 Å². The number of hydrogen-bond acceptors (Lipinski definition) is 2. The quantitative estimate of drug-likeness (QED) is 0.439. The number of nitrogens with zero attached hydrogens (tertiary/aromatic N) is 1.